The fourth-order valence-electron chi connectivity index (χ4n) is 2.35. The van der Waals surface area contributed by atoms with E-state index in [2.05, 4.69) is 4.98 Å². The van der Waals surface area contributed by atoms with E-state index in [0.29, 0.717) is 5.92 Å². The van der Waals surface area contributed by atoms with Gasteiger partial charge in [-0.25, -0.2) is 0 Å². The van der Waals surface area contributed by atoms with Gasteiger partial charge in [-0.1, -0.05) is 19.3 Å². The van der Waals surface area contributed by atoms with E-state index < -0.39 is 0 Å². The van der Waals surface area contributed by atoms with Crippen molar-refractivity contribution in [3.8, 4) is 0 Å². The highest BCUT2D eigenvalue weighted by molar-refractivity contribution is 5.15. The summed E-state index contributed by atoms with van der Waals surface area (Å²) < 4.78 is 0. The van der Waals surface area contributed by atoms with Crippen LogP contribution in [0.5, 0.6) is 0 Å². The Morgan fingerprint density at radius 2 is 1.79 bits per heavy atom. The van der Waals surface area contributed by atoms with Crippen LogP contribution in [0.1, 0.15) is 43.7 Å². The van der Waals surface area contributed by atoms with Crippen LogP contribution in [0.4, 0.5) is 0 Å². The smallest absolute Gasteiger partial charge is 0.0324 e. The topological polar surface area (TPSA) is 38.9 Å². The van der Waals surface area contributed by atoms with Gasteiger partial charge in [-0.2, -0.15) is 0 Å². The molecule has 0 amide bonds. The Bertz CT molecular complexity index is 265. The second-order valence-electron chi connectivity index (χ2n) is 4.20. The average molecular weight is 190 g/mol. The van der Waals surface area contributed by atoms with E-state index in [0.717, 1.165) is 0 Å². The SMILES string of the molecule is N[C@@H](c1ccncc1)C1CCCCC1. The van der Waals surface area contributed by atoms with E-state index in [9.17, 15) is 0 Å². The minimum atomic E-state index is 0.221. The van der Waals surface area contributed by atoms with Gasteiger partial charge in [0.05, 0.1) is 0 Å². The van der Waals surface area contributed by atoms with Gasteiger partial charge in [0, 0.05) is 18.4 Å². The normalized spacial score (nSPS) is 20.6. The van der Waals surface area contributed by atoms with Crippen LogP contribution in [0, 0.1) is 5.92 Å². The monoisotopic (exact) mass is 190 g/mol. The number of hydrogen-bond acceptors (Lipinski definition) is 2. The summed E-state index contributed by atoms with van der Waals surface area (Å²) in [4.78, 5) is 4.02. The molecular weight excluding hydrogens is 172 g/mol. The first kappa shape index (κ1) is 9.66. The first-order chi connectivity index (χ1) is 6.88. The number of pyridine rings is 1. The zero-order valence-electron chi connectivity index (χ0n) is 8.52. The molecule has 1 aliphatic rings. The first-order valence-corrected chi connectivity index (χ1v) is 5.53. The van der Waals surface area contributed by atoms with Crippen molar-refractivity contribution in [2.45, 2.75) is 38.1 Å². The van der Waals surface area contributed by atoms with Crippen molar-refractivity contribution in [1.82, 2.24) is 4.98 Å². The standard InChI is InChI=1S/C12H18N2/c13-12(10-4-2-1-3-5-10)11-6-8-14-9-7-11/h6-10,12H,1-5,13H2/t12-/m1/s1. The van der Waals surface area contributed by atoms with Gasteiger partial charge < -0.3 is 5.73 Å². The molecule has 1 fully saturated rings. The van der Waals surface area contributed by atoms with Crippen molar-refractivity contribution in [3.63, 3.8) is 0 Å². The molecule has 0 aliphatic heterocycles. The highest BCUT2D eigenvalue weighted by Gasteiger charge is 2.21. The summed E-state index contributed by atoms with van der Waals surface area (Å²) in [5, 5.41) is 0. The molecule has 1 atom stereocenters. The summed E-state index contributed by atoms with van der Waals surface area (Å²) in [5.74, 6) is 0.686. The fraction of sp³-hybridized carbons (Fsp3) is 0.583. The summed E-state index contributed by atoms with van der Waals surface area (Å²) in [6, 6.07) is 4.30. The second-order valence-corrected chi connectivity index (χ2v) is 4.20. The third-order valence-electron chi connectivity index (χ3n) is 3.25. The number of rotatable bonds is 2. The van der Waals surface area contributed by atoms with Crippen LogP contribution in [-0.2, 0) is 0 Å². The molecule has 14 heavy (non-hydrogen) atoms. The molecule has 1 aliphatic carbocycles. The molecule has 2 nitrogen and oxygen atoms in total. The van der Waals surface area contributed by atoms with E-state index in [-0.39, 0.29) is 6.04 Å². The van der Waals surface area contributed by atoms with Gasteiger partial charge in [0.15, 0.2) is 0 Å². The van der Waals surface area contributed by atoms with Gasteiger partial charge in [-0.05, 0) is 36.5 Å². The maximum absolute atomic E-state index is 6.24. The zero-order valence-corrected chi connectivity index (χ0v) is 8.52. The van der Waals surface area contributed by atoms with Crippen LogP contribution in [0.3, 0.4) is 0 Å². The predicted octanol–water partition coefficient (Wildman–Crippen LogP) is 2.66. The Morgan fingerprint density at radius 3 is 2.43 bits per heavy atom. The van der Waals surface area contributed by atoms with Crippen molar-refractivity contribution in [3.05, 3.63) is 30.1 Å². The Balaban J connectivity index is 2.03. The van der Waals surface area contributed by atoms with E-state index in [1.165, 1.54) is 37.7 Å². The van der Waals surface area contributed by atoms with Crippen LogP contribution >= 0.6 is 0 Å². The highest BCUT2D eigenvalue weighted by Crippen LogP contribution is 2.32. The minimum Gasteiger partial charge on any atom is -0.324 e. The Hall–Kier alpha value is -0.890. The number of aromatic nitrogens is 1. The lowest BCUT2D eigenvalue weighted by atomic mass is 9.82. The third kappa shape index (κ3) is 2.13. The number of hydrogen-bond donors (Lipinski definition) is 1. The van der Waals surface area contributed by atoms with Crippen molar-refractivity contribution >= 4 is 0 Å². The van der Waals surface area contributed by atoms with Gasteiger partial charge in [0.1, 0.15) is 0 Å². The molecule has 0 aromatic carbocycles. The van der Waals surface area contributed by atoms with Crippen LogP contribution < -0.4 is 5.73 Å². The molecule has 1 heterocycles. The van der Waals surface area contributed by atoms with Crippen molar-refractivity contribution in [2.75, 3.05) is 0 Å². The molecular formula is C12H18N2. The molecule has 2 N–H and O–H groups in total. The molecule has 1 saturated carbocycles. The third-order valence-corrected chi connectivity index (χ3v) is 3.25. The summed E-state index contributed by atoms with van der Waals surface area (Å²) in [5.41, 5.74) is 7.48. The average Bonchev–Trinajstić information content (AvgIpc) is 2.30. The number of nitrogens with two attached hydrogens (primary N) is 1. The lowest BCUT2D eigenvalue weighted by Crippen LogP contribution is -2.23. The molecule has 2 heteroatoms. The molecule has 0 saturated heterocycles. The summed E-state index contributed by atoms with van der Waals surface area (Å²) in [7, 11) is 0. The lowest BCUT2D eigenvalue weighted by Gasteiger charge is -2.27. The molecule has 0 bridgehead atoms. The van der Waals surface area contributed by atoms with Crippen LogP contribution in [0.15, 0.2) is 24.5 Å². The second kappa shape index (κ2) is 4.56. The van der Waals surface area contributed by atoms with Crippen molar-refractivity contribution in [2.24, 2.45) is 11.7 Å². The van der Waals surface area contributed by atoms with Gasteiger partial charge in [0.25, 0.3) is 0 Å². The lowest BCUT2D eigenvalue weighted by molar-refractivity contribution is 0.308. The summed E-state index contributed by atoms with van der Waals surface area (Å²) >= 11 is 0. The molecule has 0 spiro atoms. The van der Waals surface area contributed by atoms with Crippen molar-refractivity contribution < 1.29 is 0 Å². The van der Waals surface area contributed by atoms with Crippen molar-refractivity contribution in [1.29, 1.82) is 0 Å². The summed E-state index contributed by atoms with van der Waals surface area (Å²) in [6.07, 6.45) is 10.3. The van der Waals surface area contributed by atoms with Crippen LogP contribution in [-0.4, -0.2) is 4.98 Å². The van der Waals surface area contributed by atoms with Crippen LogP contribution in [0.2, 0.25) is 0 Å². The van der Waals surface area contributed by atoms with E-state index in [4.69, 9.17) is 5.73 Å². The maximum atomic E-state index is 6.24. The molecule has 1 aromatic rings. The summed E-state index contributed by atoms with van der Waals surface area (Å²) in [6.45, 7) is 0. The minimum absolute atomic E-state index is 0.221. The molecule has 1 aromatic heterocycles. The number of nitrogens with zero attached hydrogens (tertiary/aromatic N) is 1. The Labute approximate surface area is 85.5 Å². The quantitative estimate of drug-likeness (QED) is 0.778. The van der Waals surface area contributed by atoms with E-state index >= 15 is 0 Å². The van der Waals surface area contributed by atoms with Gasteiger partial charge in [-0.15, -0.1) is 0 Å². The van der Waals surface area contributed by atoms with Gasteiger partial charge >= 0.3 is 0 Å². The Kier molecular flexibility index (Phi) is 3.14. The maximum Gasteiger partial charge on any atom is 0.0324 e. The highest BCUT2D eigenvalue weighted by atomic mass is 14.7. The largest absolute Gasteiger partial charge is 0.324 e. The molecule has 0 unspecified atom stereocenters. The first-order valence-electron chi connectivity index (χ1n) is 5.53. The molecule has 76 valence electrons. The molecule has 2 rings (SSSR count). The zero-order chi connectivity index (χ0) is 9.80. The van der Waals surface area contributed by atoms with E-state index in [1.807, 2.05) is 24.5 Å². The molecule has 0 radical (unpaired) electrons. The van der Waals surface area contributed by atoms with E-state index in [1.54, 1.807) is 0 Å². The fourth-order valence-corrected chi connectivity index (χ4v) is 2.35. The Morgan fingerprint density at radius 1 is 1.14 bits per heavy atom. The van der Waals surface area contributed by atoms with Gasteiger partial charge in [-0.3, -0.25) is 4.98 Å². The van der Waals surface area contributed by atoms with Gasteiger partial charge in [0.2, 0.25) is 0 Å². The van der Waals surface area contributed by atoms with Crippen LogP contribution in [0.25, 0.3) is 0 Å². The predicted molar refractivity (Wildman–Crippen MR) is 57.7 cm³/mol.